The van der Waals surface area contributed by atoms with Gasteiger partial charge in [-0.15, -0.1) is 0 Å². The van der Waals surface area contributed by atoms with Crippen LogP contribution in [0.25, 0.3) is 0 Å². The highest BCUT2D eigenvalue weighted by molar-refractivity contribution is 6.13. The summed E-state index contributed by atoms with van der Waals surface area (Å²) in [5.41, 5.74) is 2.11. The van der Waals surface area contributed by atoms with E-state index in [2.05, 4.69) is 5.32 Å². The molecule has 0 spiro atoms. The molecule has 0 bridgehead atoms. The molecule has 1 N–H and O–H groups in total. The molecule has 6 nitrogen and oxygen atoms in total. The third-order valence-corrected chi connectivity index (χ3v) is 4.58. The molecule has 0 radical (unpaired) electrons. The van der Waals surface area contributed by atoms with Crippen LogP contribution in [0.4, 0.5) is 11.4 Å². The van der Waals surface area contributed by atoms with Gasteiger partial charge in [0.05, 0.1) is 23.9 Å². The predicted molar refractivity (Wildman–Crippen MR) is 116 cm³/mol. The van der Waals surface area contributed by atoms with E-state index in [1.807, 2.05) is 37.3 Å². The van der Waals surface area contributed by atoms with Crippen molar-refractivity contribution in [2.75, 3.05) is 23.9 Å². The van der Waals surface area contributed by atoms with Gasteiger partial charge in [0, 0.05) is 17.8 Å². The molecule has 0 atom stereocenters. The lowest BCUT2D eigenvalue weighted by Crippen LogP contribution is -2.31. The highest BCUT2D eigenvalue weighted by atomic mass is 16.5. The van der Waals surface area contributed by atoms with Crippen LogP contribution in [-0.2, 0) is 4.74 Å². The Morgan fingerprint density at radius 1 is 0.867 bits per heavy atom. The zero-order valence-corrected chi connectivity index (χ0v) is 16.8. The third kappa shape index (κ3) is 4.55. The van der Waals surface area contributed by atoms with Crippen molar-refractivity contribution in [3.8, 4) is 0 Å². The molecule has 2 amide bonds. The molecule has 3 aromatic rings. The van der Waals surface area contributed by atoms with Crippen LogP contribution in [0.1, 0.15) is 38.0 Å². The number of carbonyl (C=O) groups excluding carboxylic acids is 3. The van der Waals surface area contributed by atoms with Crippen molar-refractivity contribution in [1.82, 2.24) is 0 Å². The van der Waals surface area contributed by atoms with Gasteiger partial charge >= 0.3 is 5.97 Å². The highest BCUT2D eigenvalue weighted by Crippen LogP contribution is 2.22. The first kappa shape index (κ1) is 20.8. The molecule has 0 fully saturated rings. The number of nitrogens with one attached hydrogen (secondary N) is 1. The second kappa shape index (κ2) is 9.52. The minimum Gasteiger partial charge on any atom is -0.465 e. The van der Waals surface area contributed by atoms with Crippen molar-refractivity contribution in [3.05, 3.63) is 95.6 Å². The normalized spacial score (nSPS) is 10.2. The zero-order chi connectivity index (χ0) is 21.5. The van der Waals surface area contributed by atoms with Gasteiger partial charge in [0.25, 0.3) is 11.8 Å². The van der Waals surface area contributed by atoms with E-state index in [4.69, 9.17) is 4.74 Å². The number of methoxy groups -OCH3 is 1. The summed E-state index contributed by atoms with van der Waals surface area (Å²) in [5.74, 6) is -1.17. The fourth-order valence-electron chi connectivity index (χ4n) is 3.08. The van der Waals surface area contributed by atoms with Gasteiger partial charge in [-0.3, -0.25) is 9.59 Å². The average Bonchev–Trinajstić information content (AvgIpc) is 2.80. The maximum atomic E-state index is 13.2. The number of amides is 2. The number of hydrogen-bond donors (Lipinski definition) is 1. The van der Waals surface area contributed by atoms with Gasteiger partial charge in [-0.2, -0.15) is 0 Å². The number of para-hydroxylation sites is 2. The van der Waals surface area contributed by atoms with Gasteiger partial charge in [-0.25, -0.2) is 4.79 Å². The Balaban J connectivity index is 1.88. The van der Waals surface area contributed by atoms with Gasteiger partial charge in [0.1, 0.15) is 0 Å². The number of hydrogen-bond acceptors (Lipinski definition) is 4. The first-order valence-corrected chi connectivity index (χ1v) is 9.50. The summed E-state index contributed by atoms with van der Waals surface area (Å²) in [6, 6.07) is 22.4. The summed E-state index contributed by atoms with van der Waals surface area (Å²) in [6.07, 6.45) is 0. The van der Waals surface area contributed by atoms with Crippen LogP contribution < -0.4 is 10.2 Å². The van der Waals surface area contributed by atoms with Crippen molar-refractivity contribution >= 4 is 29.2 Å². The minimum absolute atomic E-state index is 0.220. The van der Waals surface area contributed by atoms with Crippen LogP contribution in [0.15, 0.2) is 78.9 Å². The maximum Gasteiger partial charge on any atom is 0.337 e. The minimum atomic E-state index is -0.526. The lowest BCUT2D eigenvalue weighted by molar-refractivity contribution is 0.0600. The molecule has 0 unspecified atom stereocenters. The Hall–Kier alpha value is -3.93. The maximum absolute atomic E-state index is 13.2. The standard InChI is InChI=1S/C24H22N2O4/c1-3-26(19-12-5-4-6-13-19)23(28)20-14-7-8-15-21(20)25-22(27)17-10-9-11-18(16-17)24(29)30-2/h4-16H,3H2,1-2H3,(H,25,27). The van der Waals surface area contributed by atoms with Crippen LogP contribution in [0, 0.1) is 0 Å². The summed E-state index contributed by atoms with van der Waals surface area (Å²) in [6.45, 7) is 2.37. The van der Waals surface area contributed by atoms with Gasteiger partial charge in [-0.1, -0.05) is 36.4 Å². The number of nitrogens with zero attached hydrogens (tertiary/aromatic N) is 1. The summed E-state index contributed by atoms with van der Waals surface area (Å²) in [5, 5.41) is 2.78. The molecule has 0 aliphatic carbocycles. The van der Waals surface area contributed by atoms with E-state index in [1.54, 1.807) is 47.4 Å². The van der Waals surface area contributed by atoms with E-state index in [1.165, 1.54) is 13.2 Å². The smallest absolute Gasteiger partial charge is 0.337 e. The highest BCUT2D eigenvalue weighted by Gasteiger charge is 2.20. The van der Waals surface area contributed by atoms with Gasteiger partial charge in [0.2, 0.25) is 0 Å². The molecule has 0 heterocycles. The molecule has 6 heteroatoms. The Kier molecular flexibility index (Phi) is 6.60. The molecule has 0 saturated carbocycles. The van der Waals surface area contributed by atoms with Crippen molar-refractivity contribution in [1.29, 1.82) is 0 Å². The second-order valence-corrected chi connectivity index (χ2v) is 6.46. The molecule has 0 aliphatic heterocycles. The molecule has 3 aromatic carbocycles. The second-order valence-electron chi connectivity index (χ2n) is 6.46. The number of anilines is 2. The topological polar surface area (TPSA) is 75.7 Å². The molecule has 0 aliphatic rings. The van der Waals surface area contributed by atoms with Crippen molar-refractivity contribution in [2.24, 2.45) is 0 Å². The van der Waals surface area contributed by atoms with Crippen molar-refractivity contribution < 1.29 is 19.1 Å². The fraction of sp³-hybridized carbons (Fsp3) is 0.125. The third-order valence-electron chi connectivity index (χ3n) is 4.58. The molecule has 0 saturated heterocycles. The first-order chi connectivity index (χ1) is 14.5. The summed E-state index contributed by atoms with van der Waals surface area (Å²) in [4.78, 5) is 39.4. The summed E-state index contributed by atoms with van der Waals surface area (Å²) in [7, 11) is 1.28. The van der Waals surface area contributed by atoms with E-state index in [-0.39, 0.29) is 17.0 Å². The van der Waals surface area contributed by atoms with Crippen LogP contribution >= 0.6 is 0 Å². The van der Waals surface area contributed by atoms with E-state index < -0.39 is 11.9 Å². The lowest BCUT2D eigenvalue weighted by Gasteiger charge is -2.22. The van der Waals surface area contributed by atoms with E-state index in [9.17, 15) is 14.4 Å². The largest absolute Gasteiger partial charge is 0.465 e. The van der Waals surface area contributed by atoms with E-state index in [0.29, 0.717) is 17.8 Å². The summed E-state index contributed by atoms with van der Waals surface area (Å²) >= 11 is 0. The monoisotopic (exact) mass is 402 g/mol. The fourth-order valence-corrected chi connectivity index (χ4v) is 3.08. The number of benzene rings is 3. The number of ether oxygens (including phenoxy) is 1. The predicted octanol–water partition coefficient (Wildman–Crippen LogP) is 4.39. The van der Waals surface area contributed by atoms with E-state index >= 15 is 0 Å². The first-order valence-electron chi connectivity index (χ1n) is 9.50. The van der Waals surface area contributed by atoms with Gasteiger partial charge in [-0.05, 0) is 49.4 Å². The van der Waals surface area contributed by atoms with Crippen LogP contribution in [-0.4, -0.2) is 31.4 Å². The average molecular weight is 402 g/mol. The van der Waals surface area contributed by atoms with Crippen LogP contribution in [0.2, 0.25) is 0 Å². The summed E-state index contributed by atoms with van der Waals surface area (Å²) < 4.78 is 4.70. The number of rotatable bonds is 6. The number of esters is 1. The Labute approximate surface area is 175 Å². The Morgan fingerprint density at radius 3 is 2.23 bits per heavy atom. The van der Waals surface area contributed by atoms with Crippen molar-refractivity contribution in [2.45, 2.75) is 6.92 Å². The van der Waals surface area contributed by atoms with Crippen LogP contribution in [0.5, 0.6) is 0 Å². The quantitative estimate of drug-likeness (QED) is 0.621. The van der Waals surface area contributed by atoms with Crippen LogP contribution in [0.3, 0.4) is 0 Å². The number of carbonyl (C=O) groups is 3. The Morgan fingerprint density at radius 2 is 1.53 bits per heavy atom. The Bertz CT molecular complexity index is 1060. The SMILES string of the molecule is CCN(C(=O)c1ccccc1NC(=O)c1cccc(C(=O)OC)c1)c1ccccc1. The molecule has 152 valence electrons. The van der Waals surface area contributed by atoms with Gasteiger partial charge in [0.15, 0.2) is 0 Å². The molecular formula is C24H22N2O4. The molecule has 30 heavy (non-hydrogen) atoms. The zero-order valence-electron chi connectivity index (χ0n) is 16.8. The van der Waals surface area contributed by atoms with Gasteiger partial charge < -0.3 is 15.0 Å². The lowest BCUT2D eigenvalue weighted by atomic mass is 10.1. The molecule has 3 rings (SSSR count). The van der Waals surface area contributed by atoms with Crippen molar-refractivity contribution in [3.63, 3.8) is 0 Å². The molecule has 0 aromatic heterocycles. The molecular weight excluding hydrogens is 380 g/mol. The van der Waals surface area contributed by atoms with E-state index in [0.717, 1.165) is 5.69 Å².